The molecule has 0 radical (unpaired) electrons. The number of carbonyl (C=O) groups is 1. The number of anilines is 1. The second-order valence-electron chi connectivity index (χ2n) is 4.26. The summed E-state index contributed by atoms with van der Waals surface area (Å²) in [6.45, 7) is 3.84. The highest BCUT2D eigenvalue weighted by Crippen LogP contribution is 2.17. The molecule has 1 aromatic carbocycles. The van der Waals surface area contributed by atoms with Crippen LogP contribution in [0.2, 0.25) is 0 Å². The van der Waals surface area contributed by atoms with E-state index in [2.05, 4.69) is 10.3 Å². The zero-order valence-corrected chi connectivity index (χ0v) is 11.0. The van der Waals surface area contributed by atoms with Crippen LogP contribution in [-0.2, 0) is 11.4 Å². The Morgan fingerprint density at radius 1 is 1.32 bits per heavy atom. The number of rotatable bonds is 4. The Balaban J connectivity index is 2.03. The van der Waals surface area contributed by atoms with E-state index in [1.54, 1.807) is 6.20 Å². The Morgan fingerprint density at radius 2 is 2.16 bits per heavy atom. The van der Waals surface area contributed by atoms with Gasteiger partial charge in [-0.25, -0.2) is 0 Å². The lowest BCUT2D eigenvalue weighted by Gasteiger charge is -2.09. The molecule has 0 fully saturated rings. The van der Waals surface area contributed by atoms with Crippen LogP contribution in [-0.4, -0.2) is 10.9 Å². The summed E-state index contributed by atoms with van der Waals surface area (Å²) in [6.07, 6.45) is 1.74. The smallest absolute Gasteiger partial charge is 0.221 e. The standard InChI is InChI=1S/C15H16N2O2/c1-11-15(7-4-8-16-11)19-10-13-5-3-6-14(9-13)17-12(2)18/h3-9H,10H2,1-2H3,(H,17,18). The average Bonchev–Trinajstić information content (AvgIpc) is 2.37. The quantitative estimate of drug-likeness (QED) is 0.915. The number of amides is 1. The fourth-order valence-corrected chi connectivity index (χ4v) is 1.73. The predicted octanol–water partition coefficient (Wildman–Crippen LogP) is 2.93. The van der Waals surface area contributed by atoms with Crippen LogP contribution in [0.1, 0.15) is 18.2 Å². The van der Waals surface area contributed by atoms with Crippen LogP contribution < -0.4 is 10.1 Å². The molecule has 1 amide bonds. The van der Waals surface area contributed by atoms with Gasteiger partial charge in [0, 0.05) is 18.8 Å². The largest absolute Gasteiger partial charge is 0.487 e. The van der Waals surface area contributed by atoms with E-state index in [0.29, 0.717) is 6.61 Å². The number of pyridine rings is 1. The van der Waals surface area contributed by atoms with E-state index < -0.39 is 0 Å². The minimum atomic E-state index is -0.0822. The number of aromatic nitrogens is 1. The highest BCUT2D eigenvalue weighted by atomic mass is 16.5. The second kappa shape index (κ2) is 6.00. The molecule has 0 atom stereocenters. The summed E-state index contributed by atoms with van der Waals surface area (Å²) in [5.74, 6) is 0.689. The molecule has 1 aromatic heterocycles. The van der Waals surface area contributed by atoms with Crippen molar-refractivity contribution < 1.29 is 9.53 Å². The molecule has 0 saturated carbocycles. The molecule has 2 rings (SSSR count). The van der Waals surface area contributed by atoms with Crippen molar-refractivity contribution in [2.45, 2.75) is 20.5 Å². The molecule has 0 spiro atoms. The molecular weight excluding hydrogens is 240 g/mol. The van der Waals surface area contributed by atoms with Crippen molar-refractivity contribution in [1.29, 1.82) is 0 Å². The summed E-state index contributed by atoms with van der Waals surface area (Å²) in [7, 11) is 0. The monoisotopic (exact) mass is 256 g/mol. The first kappa shape index (κ1) is 13.1. The van der Waals surface area contributed by atoms with E-state index in [0.717, 1.165) is 22.7 Å². The lowest BCUT2D eigenvalue weighted by molar-refractivity contribution is -0.114. The summed E-state index contributed by atoms with van der Waals surface area (Å²) in [5.41, 5.74) is 2.63. The Labute approximate surface area is 112 Å². The molecule has 19 heavy (non-hydrogen) atoms. The van der Waals surface area contributed by atoms with Crippen LogP contribution in [0.4, 0.5) is 5.69 Å². The highest BCUT2D eigenvalue weighted by Gasteiger charge is 2.01. The van der Waals surface area contributed by atoms with Crippen molar-refractivity contribution in [1.82, 2.24) is 4.98 Å². The summed E-state index contributed by atoms with van der Waals surface area (Å²) in [6, 6.07) is 11.3. The first-order valence-corrected chi connectivity index (χ1v) is 6.06. The topological polar surface area (TPSA) is 51.2 Å². The van der Waals surface area contributed by atoms with Gasteiger partial charge < -0.3 is 10.1 Å². The van der Waals surface area contributed by atoms with Crippen molar-refractivity contribution in [3.63, 3.8) is 0 Å². The van der Waals surface area contributed by atoms with Gasteiger partial charge >= 0.3 is 0 Å². The van der Waals surface area contributed by atoms with E-state index in [-0.39, 0.29) is 5.91 Å². The third kappa shape index (κ3) is 3.81. The molecule has 0 aliphatic heterocycles. The molecule has 0 bridgehead atoms. The Hall–Kier alpha value is -2.36. The van der Waals surface area contributed by atoms with Gasteiger partial charge in [0.15, 0.2) is 0 Å². The zero-order chi connectivity index (χ0) is 13.7. The zero-order valence-electron chi connectivity index (χ0n) is 11.0. The van der Waals surface area contributed by atoms with Crippen LogP contribution in [0.5, 0.6) is 5.75 Å². The SMILES string of the molecule is CC(=O)Nc1cccc(COc2cccnc2C)c1. The fraction of sp³-hybridized carbons (Fsp3) is 0.200. The van der Waals surface area contributed by atoms with Gasteiger partial charge in [-0.1, -0.05) is 12.1 Å². The van der Waals surface area contributed by atoms with Gasteiger partial charge in [0.25, 0.3) is 0 Å². The minimum absolute atomic E-state index is 0.0822. The van der Waals surface area contributed by atoms with Gasteiger partial charge in [0.2, 0.25) is 5.91 Å². The number of hydrogen-bond acceptors (Lipinski definition) is 3. The molecule has 4 heteroatoms. The van der Waals surface area contributed by atoms with Crippen LogP contribution in [0.3, 0.4) is 0 Å². The van der Waals surface area contributed by atoms with E-state index in [1.807, 2.05) is 43.3 Å². The Morgan fingerprint density at radius 3 is 2.89 bits per heavy atom. The number of benzene rings is 1. The molecule has 0 unspecified atom stereocenters. The van der Waals surface area contributed by atoms with E-state index in [4.69, 9.17) is 4.74 Å². The number of nitrogens with zero attached hydrogens (tertiary/aromatic N) is 1. The van der Waals surface area contributed by atoms with Crippen LogP contribution in [0.25, 0.3) is 0 Å². The van der Waals surface area contributed by atoms with E-state index in [1.165, 1.54) is 6.92 Å². The fourth-order valence-electron chi connectivity index (χ4n) is 1.73. The van der Waals surface area contributed by atoms with Crippen LogP contribution in [0, 0.1) is 6.92 Å². The van der Waals surface area contributed by atoms with E-state index in [9.17, 15) is 4.79 Å². The minimum Gasteiger partial charge on any atom is -0.487 e. The van der Waals surface area contributed by atoms with Gasteiger partial charge in [-0.3, -0.25) is 9.78 Å². The molecule has 0 saturated heterocycles. The molecule has 98 valence electrons. The normalized spacial score (nSPS) is 10.0. The van der Waals surface area contributed by atoms with Crippen molar-refractivity contribution in [3.05, 3.63) is 53.9 Å². The number of nitrogens with one attached hydrogen (secondary N) is 1. The maximum absolute atomic E-state index is 11.0. The lowest BCUT2D eigenvalue weighted by Crippen LogP contribution is -2.06. The molecule has 1 N–H and O–H groups in total. The van der Waals surface area contributed by atoms with Crippen molar-refractivity contribution >= 4 is 11.6 Å². The number of ether oxygens (including phenoxy) is 1. The molecule has 2 aromatic rings. The van der Waals surface area contributed by atoms with Gasteiger partial charge in [0.1, 0.15) is 12.4 Å². The third-order valence-corrected chi connectivity index (χ3v) is 2.60. The first-order chi connectivity index (χ1) is 9.15. The van der Waals surface area contributed by atoms with Gasteiger partial charge in [-0.15, -0.1) is 0 Å². The molecule has 0 aliphatic rings. The Kier molecular flexibility index (Phi) is 4.13. The number of aryl methyl sites for hydroxylation is 1. The molecule has 4 nitrogen and oxygen atoms in total. The second-order valence-corrected chi connectivity index (χ2v) is 4.26. The molecule has 1 heterocycles. The molecular formula is C15H16N2O2. The molecule has 0 aliphatic carbocycles. The van der Waals surface area contributed by atoms with Gasteiger partial charge in [0.05, 0.1) is 5.69 Å². The number of hydrogen-bond donors (Lipinski definition) is 1. The Bertz CT molecular complexity index is 582. The van der Waals surface area contributed by atoms with Gasteiger partial charge in [-0.2, -0.15) is 0 Å². The van der Waals surface area contributed by atoms with Crippen LogP contribution >= 0.6 is 0 Å². The van der Waals surface area contributed by atoms with Crippen molar-refractivity contribution in [2.75, 3.05) is 5.32 Å². The summed E-state index contributed by atoms with van der Waals surface area (Å²) < 4.78 is 5.71. The third-order valence-electron chi connectivity index (χ3n) is 2.60. The first-order valence-electron chi connectivity index (χ1n) is 6.06. The van der Waals surface area contributed by atoms with Crippen LogP contribution in [0.15, 0.2) is 42.6 Å². The predicted molar refractivity (Wildman–Crippen MR) is 74.1 cm³/mol. The average molecular weight is 256 g/mol. The van der Waals surface area contributed by atoms with Crippen molar-refractivity contribution in [3.8, 4) is 5.75 Å². The van der Waals surface area contributed by atoms with E-state index >= 15 is 0 Å². The van der Waals surface area contributed by atoms with Crippen molar-refractivity contribution in [2.24, 2.45) is 0 Å². The maximum atomic E-state index is 11.0. The highest BCUT2D eigenvalue weighted by molar-refractivity contribution is 5.88. The summed E-state index contributed by atoms with van der Waals surface area (Å²) in [4.78, 5) is 15.2. The summed E-state index contributed by atoms with van der Waals surface area (Å²) in [5, 5.41) is 2.75. The lowest BCUT2D eigenvalue weighted by atomic mass is 10.2. The maximum Gasteiger partial charge on any atom is 0.221 e. The summed E-state index contributed by atoms with van der Waals surface area (Å²) >= 11 is 0. The number of carbonyl (C=O) groups excluding carboxylic acids is 1. The van der Waals surface area contributed by atoms with Gasteiger partial charge in [-0.05, 0) is 36.8 Å².